The minimum absolute atomic E-state index is 0.0899. The third-order valence-electron chi connectivity index (χ3n) is 3.85. The van der Waals surface area contributed by atoms with Crippen LogP contribution in [-0.4, -0.2) is 35.1 Å². The largest absolute Gasteiger partial charge is 0.452 e. The number of carbonyl (C=O) groups excluding carboxylic acids is 3. The molecule has 0 atom stereocenters. The molecule has 1 aliphatic rings. The Hall–Kier alpha value is -2.57. The first-order valence-electron chi connectivity index (χ1n) is 8.41. The number of hydrogen-bond acceptors (Lipinski definition) is 4. The van der Waals surface area contributed by atoms with E-state index in [4.69, 9.17) is 4.74 Å². The Morgan fingerprint density at radius 2 is 2.00 bits per heavy atom. The normalized spacial score (nSPS) is 14.0. The van der Waals surface area contributed by atoms with E-state index in [9.17, 15) is 14.4 Å². The van der Waals surface area contributed by atoms with Crippen molar-refractivity contribution in [3.8, 4) is 0 Å². The zero-order valence-corrected chi connectivity index (χ0v) is 15.1. The molecule has 1 aromatic heterocycles. The van der Waals surface area contributed by atoms with E-state index in [-0.39, 0.29) is 6.04 Å². The van der Waals surface area contributed by atoms with Crippen molar-refractivity contribution in [3.05, 3.63) is 29.1 Å². The maximum absolute atomic E-state index is 11.7. The SMILES string of the molecule is Cc1cc(/C=C/C(=O)OCC(=O)NC(=O)NC(C)C)c(C)n1C1CC1. The quantitative estimate of drug-likeness (QED) is 0.610. The van der Waals surface area contributed by atoms with Crippen LogP contribution in [0.2, 0.25) is 0 Å². The molecule has 1 aromatic rings. The minimum Gasteiger partial charge on any atom is -0.452 e. The van der Waals surface area contributed by atoms with Crippen LogP contribution in [0.4, 0.5) is 4.79 Å². The van der Waals surface area contributed by atoms with Gasteiger partial charge in [-0.25, -0.2) is 9.59 Å². The molecule has 0 aliphatic heterocycles. The molecule has 2 rings (SSSR count). The fourth-order valence-corrected chi connectivity index (χ4v) is 2.67. The number of nitrogens with zero attached hydrogens (tertiary/aromatic N) is 1. The highest BCUT2D eigenvalue weighted by molar-refractivity contribution is 5.96. The number of hydrogen-bond donors (Lipinski definition) is 2. The Morgan fingerprint density at radius 3 is 2.60 bits per heavy atom. The molecular weight excluding hydrogens is 322 g/mol. The number of urea groups is 1. The van der Waals surface area contributed by atoms with Crippen molar-refractivity contribution in [2.75, 3.05) is 6.61 Å². The number of carbonyl (C=O) groups is 3. The zero-order valence-electron chi connectivity index (χ0n) is 15.1. The summed E-state index contributed by atoms with van der Waals surface area (Å²) < 4.78 is 7.13. The highest BCUT2D eigenvalue weighted by Crippen LogP contribution is 2.38. The van der Waals surface area contributed by atoms with Gasteiger partial charge in [0.1, 0.15) is 0 Å². The lowest BCUT2D eigenvalue weighted by Gasteiger charge is -2.08. The van der Waals surface area contributed by atoms with Crippen LogP contribution in [0.3, 0.4) is 0 Å². The van der Waals surface area contributed by atoms with Gasteiger partial charge in [0.2, 0.25) is 0 Å². The summed E-state index contributed by atoms with van der Waals surface area (Å²) in [7, 11) is 0. The van der Waals surface area contributed by atoms with Gasteiger partial charge in [0.05, 0.1) is 0 Å². The van der Waals surface area contributed by atoms with Gasteiger partial charge >= 0.3 is 12.0 Å². The van der Waals surface area contributed by atoms with Crippen molar-refractivity contribution in [3.63, 3.8) is 0 Å². The van der Waals surface area contributed by atoms with E-state index in [0.29, 0.717) is 6.04 Å². The fourth-order valence-electron chi connectivity index (χ4n) is 2.67. The molecule has 0 aromatic carbocycles. The predicted octanol–water partition coefficient (Wildman–Crippen LogP) is 2.23. The molecule has 1 saturated carbocycles. The van der Waals surface area contributed by atoms with Gasteiger partial charge in [-0.1, -0.05) is 0 Å². The van der Waals surface area contributed by atoms with Crippen LogP contribution in [-0.2, 0) is 14.3 Å². The third kappa shape index (κ3) is 5.48. The van der Waals surface area contributed by atoms with E-state index in [0.717, 1.165) is 11.3 Å². The number of esters is 1. The maximum Gasteiger partial charge on any atom is 0.331 e. The molecule has 1 aliphatic carbocycles. The summed E-state index contributed by atoms with van der Waals surface area (Å²) in [5.74, 6) is -1.30. The first kappa shape index (κ1) is 18.8. The fraction of sp³-hybridized carbons (Fsp3) is 0.500. The predicted molar refractivity (Wildman–Crippen MR) is 94.0 cm³/mol. The van der Waals surface area contributed by atoms with Crippen molar-refractivity contribution in [1.29, 1.82) is 0 Å². The summed E-state index contributed by atoms with van der Waals surface area (Å²) in [5, 5.41) is 4.59. The molecule has 136 valence electrons. The molecule has 0 saturated heterocycles. The first-order chi connectivity index (χ1) is 11.8. The van der Waals surface area contributed by atoms with Crippen LogP contribution in [0.25, 0.3) is 6.08 Å². The minimum atomic E-state index is -0.674. The Morgan fingerprint density at radius 1 is 1.32 bits per heavy atom. The second kappa shape index (κ2) is 8.00. The van der Waals surface area contributed by atoms with Gasteiger partial charge < -0.3 is 14.6 Å². The summed E-state index contributed by atoms with van der Waals surface area (Å²) in [6.07, 6.45) is 5.37. The van der Waals surface area contributed by atoms with Crippen molar-refractivity contribution in [2.45, 2.75) is 52.6 Å². The molecule has 0 radical (unpaired) electrons. The molecular formula is C18H25N3O4. The number of aryl methyl sites for hydroxylation is 1. The topological polar surface area (TPSA) is 89.4 Å². The monoisotopic (exact) mass is 347 g/mol. The van der Waals surface area contributed by atoms with Crippen molar-refractivity contribution < 1.29 is 19.1 Å². The Balaban J connectivity index is 1.82. The lowest BCUT2D eigenvalue weighted by atomic mass is 10.2. The van der Waals surface area contributed by atoms with Gasteiger partial charge in [-0.2, -0.15) is 0 Å². The smallest absolute Gasteiger partial charge is 0.331 e. The number of aromatic nitrogens is 1. The Kier molecular flexibility index (Phi) is 6.01. The van der Waals surface area contributed by atoms with E-state index in [1.165, 1.54) is 24.6 Å². The van der Waals surface area contributed by atoms with Crippen molar-refractivity contribution in [1.82, 2.24) is 15.2 Å². The molecule has 2 N–H and O–H groups in total. The van der Waals surface area contributed by atoms with Crippen LogP contribution in [0, 0.1) is 13.8 Å². The Labute approximate surface area is 147 Å². The number of amides is 3. The molecule has 1 heterocycles. The van der Waals surface area contributed by atoms with Gasteiger partial charge in [0.15, 0.2) is 6.61 Å². The molecule has 1 fully saturated rings. The average molecular weight is 347 g/mol. The van der Waals surface area contributed by atoms with E-state index in [2.05, 4.69) is 15.2 Å². The lowest BCUT2D eigenvalue weighted by Crippen LogP contribution is -2.43. The van der Waals surface area contributed by atoms with Gasteiger partial charge in [-0.15, -0.1) is 0 Å². The summed E-state index contributed by atoms with van der Waals surface area (Å²) in [5.41, 5.74) is 3.25. The number of ether oxygens (including phenoxy) is 1. The van der Waals surface area contributed by atoms with Crippen LogP contribution in [0.5, 0.6) is 0 Å². The molecule has 0 unspecified atom stereocenters. The van der Waals surface area contributed by atoms with Crippen LogP contribution in [0.1, 0.15) is 49.7 Å². The van der Waals surface area contributed by atoms with E-state index in [1.54, 1.807) is 19.9 Å². The number of imide groups is 1. The van der Waals surface area contributed by atoms with Crippen LogP contribution >= 0.6 is 0 Å². The second-order valence-corrected chi connectivity index (χ2v) is 6.55. The highest BCUT2D eigenvalue weighted by Gasteiger charge is 2.26. The summed E-state index contributed by atoms with van der Waals surface area (Å²) in [6, 6.07) is 1.90. The van der Waals surface area contributed by atoms with Crippen molar-refractivity contribution in [2.24, 2.45) is 0 Å². The highest BCUT2D eigenvalue weighted by atomic mass is 16.5. The van der Waals surface area contributed by atoms with E-state index in [1.807, 2.05) is 19.9 Å². The van der Waals surface area contributed by atoms with Gasteiger partial charge in [-0.05, 0) is 58.2 Å². The van der Waals surface area contributed by atoms with Gasteiger partial charge in [0, 0.05) is 29.5 Å². The zero-order chi connectivity index (χ0) is 18.6. The second-order valence-electron chi connectivity index (χ2n) is 6.55. The first-order valence-corrected chi connectivity index (χ1v) is 8.41. The summed E-state index contributed by atoms with van der Waals surface area (Å²) >= 11 is 0. The average Bonchev–Trinajstić information content (AvgIpc) is 3.28. The molecule has 0 bridgehead atoms. The van der Waals surface area contributed by atoms with Crippen LogP contribution in [0.15, 0.2) is 12.1 Å². The lowest BCUT2D eigenvalue weighted by molar-refractivity contribution is -0.143. The van der Waals surface area contributed by atoms with Gasteiger partial charge in [0.25, 0.3) is 5.91 Å². The van der Waals surface area contributed by atoms with E-state index >= 15 is 0 Å². The molecule has 3 amide bonds. The Bertz CT molecular complexity index is 699. The van der Waals surface area contributed by atoms with E-state index < -0.39 is 24.5 Å². The van der Waals surface area contributed by atoms with Crippen molar-refractivity contribution >= 4 is 24.0 Å². The molecule has 25 heavy (non-hydrogen) atoms. The van der Waals surface area contributed by atoms with Crippen LogP contribution < -0.4 is 10.6 Å². The third-order valence-corrected chi connectivity index (χ3v) is 3.85. The summed E-state index contributed by atoms with van der Waals surface area (Å²) in [4.78, 5) is 34.6. The number of nitrogens with one attached hydrogen (secondary N) is 2. The standard InChI is InChI=1S/C18H25N3O4/c1-11(2)19-18(24)20-16(22)10-25-17(23)8-5-14-9-12(3)21(13(14)4)15-6-7-15/h5,8-9,11,15H,6-7,10H2,1-4H3,(H2,19,20,22,24)/b8-5+. The summed E-state index contributed by atoms with van der Waals surface area (Å²) in [6.45, 7) is 7.12. The van der Waals surface area contributed by atoms with Gasteiger partial charge in [-0.3, -0.25) is 10.1 Å². The molecule has 7 heteroatoms. The molecule has 0 spiro atoms. The molecule has 7 nitrogen and oxygen atoms in total. The number of rotatable bonds is 6. The maximum atomic E-state index is 11.7.